The van der Waals surface area contributed by atoms with Crippen LogP contribution in [0.5, 0.6) is 5.75 Å². The summed E-state index contributed by atoms with van der Waals surface area (Å²) < 4.78 is 5.29. The van der Waals surface area contributed by atoms with Gasteiger partial charge in [0, 0.05) is 24.7 Å². The Hall–Kier alpha value is -1.29. The summed E-state index contributed by atoms with van der Waals surface area (Å²) in [5.41, 5.74) is 7.84. The average Bonchev–Trinajstić information content (AvgIpc) is 2.68. The summed E-state index contributed by atoms with van der Waals surface area (Å²) >= 11 is 5.13. The minimum atomic E-state index is 0.444. The van der Waals surface area contributed by atoms with Crippen LogP contribution in [0.25, 0.3) is 0 Å². The number of hydrogen-bond acceptors (Lipinski definition) is 3. The molecule has 0 aromatic heterocycles. The molecule has 4 heteroatoms. The lowest BCUT2D eigenvalue weighted by atomic mass is 10.0. The SMILES string of the molecule is COc1ccc(C(N)=S)c(N2CC(C)C(C)C2)c1. The maximum absolute atomic E-state index is 5.81. The summed E-state index contributed by atoms with van der Waals surface area (Å²) in [6.45, 7) is 6.66. The third kappa shape index (κ3) is 2.43. The molecule has 1 heterocycles. The molecule has 0 saturated carbocycles. The number of ether oxygens (including phenoxy) is 1. The highest BCUT2D eigenvalue weighted by atomic mass is 32.1. The number of methoxy groups -OCH3 is 1. The molecule has 1 fully saturated rings. The van der Waals surface area contributed by atoms with E-state index in [1.807, 2.05) is 18.2 Å². The number of nitrogens with two attached hydrogens (primary N) is 1. The van der Waals surface area contributed by atoms with Crippen molar-refractivity contribution in [3.63, 3.8) is 0 Å². The zero-order chi connectivity index (χ0) is 13.3. The molecule has 1 aliphatic heterocycles. The fourth-order valence-corrected chi connectivity index (χ4v) is 2.61. The second-order valence-corrected chi connectivity index (χ2v) is 5.55. The Morgan fingerprint density at radius 3 is 2.44 bits per heavy atom. The molecule has 0 radical (unpaired) electrons. The number of benzene rings is 1. The molecule has 1 aromatic carbocycles. The molecule has 2 atom stereocenters. The quantitative estimate of drug-likeness (QED) is 0.851. The highest BCUT2D eigenvalue weighted by Crippen LogP contribution is 2.32. The number of rotatable bonds is 3. The van der Waals surface area contributed by atoms with Crippen LogP contribution >= 0.6 is 12.2 Å². The second kappa shape index (κ2) is 5.14. The molecule has 18 heavy (non-hydrogen) atoms. The van der Waals surface area contributed by atoms with Crippen LogP contribution in [0, 0.1) is 11.8 Å². The first kappa shape index (κ1) is 13.1. The average molecular weight is 264 g/mol. The summed E-state index contributed by atoms with van der Waals surface area (Å²) in [6, 6.07) is 5.88. The summed E-state index contributed by atoms with van der Waals surface area (Å²) in [4.78, 5) is 2.80. The number of hydrogen-bond donors (Lipinski definition) is 1. The molecule has 0 aliphatic carbocycles. The van der Waals surface area contributed by atoms with E-state index in [0.717, 1.165) is 30.1 Å². The molecule has 2 rings (SSSR count). The van der Waals surface area contributed by atoms with Crippen molar-refractivity contribution in [3.8, 4) is 5.75 Å². The first-order chi connectivity index (χ1) is 8.52. The van der Waals surface area contributed by atoms with Gasteiger partial charge >= 0.3 is 0 Å². The van der Waals surface area contributed by atoms with E-state index < -0.39 is 0 Å². The van der Waals surface area contributed by atoms with Gasteiger partial charge in [-0.15, -0.1) is 0 Å². The number of thiocarbonyl (C=S) groups is 1. The molecule has 0 bridgehead atoms. The van der Waals surface area contributed by atoms with E-state index in [1.54, 1.807) is 7.11 Å². The normalized spacial score (nSPS) is 23.2. The fourth-order valence-electron chi connectivity index (χ4n) is 2.43. The van der Waals surface area contributed by atoms with Gasteiger partial charge in [-0.1, -0.05) is 26.1 Å². The third-order valence-corrected chi connectivity index (χ3v) is 4.02. The Labute approximate surface area is 114 Å². The third-order valence-electron chi connectivity index (χ3n) is 3.80. The predicted octanol–water partition coefficient (Wildman–Crippen LogP) is 2.42. The number of nitrogens with zero attached hydrogens (tertiary/aromatic N) is 1. The fraction of sp³-hybridized carbons (Fsp3) is 0.500. The summed E-state index contributed by atoms with van der Waals surface area (Å²) in [7, 11) is 1.68. The minimum Gasteiger partial charge on any atom is -0.497 e. The molecule has 2 N–H and O–H groups in total. The van der Waals surface area contributed by atoms with E-state index in [1.165, 1.54) is 0 Å². The predicted molar refractivity (Wildman–Crippen MR) is 79.4 cm³/mol. The second-order valence-electron chi connectivity index (χ2n) is 5.11. The highest BCUT2D eigenvalue weighted by molar-refractivity contribution is 7.80. The van der Waals surface area contributed by atoms with Gasteiger partial charge in [0.2, 0.25) is 0 Å². The first-order valence-electron chi connectivity index (χ1n) is 6.25. The van der Waals surface area contributed by atoms with Crippen molar-refractivity contribution in [2.45, 2.75) is 13.8 Å². The van der Waals surface area contributed by atoms with Gasteiger partial charge in [0.15, 0.2) is 0 Å². The molecule has 0 spiro atoms. The largest absolute Gasteiger partial charge is 0.497 e. The van der Waals surface area contributed by atoms with Crippen LogP contribution in [0.2, 0.25) is 0 Å². The van der Waals surface area contributed by atoms with Crippen LogP contribution in [-0.4, -0.2) is 25.2 Å². The van der Waals surface area contributed by atoms with Gasteiger partial charge in [-0.25, -0.2) is 0 Å². The van der Waals surface area contributed by atoms with Crippen LogP contribution < -0.4 is 15.4 Å². The van der Waals surface area contributed by atoms with Crippen molar-refractivity contribution in [3.05, 3.63) is 23.8 Å². The molecule has 98 valence electrons. The minimum absolute atomic E-state index is 0.444. The Morgan fingerprint density at radius 1 is 1.33 bits per heavy atom. The summed E-state index contributed by atoms with van der Waals surface area (Å²) in [5, 5.41) is 0. The molecular weight excluding hydrogens is 244 g/mol. The van der Waals surface area contributed by atoms with E-state index in [4.69, 9.17) is 22.7 Å². The van der Waals surface area contributed by atoms with E-state index in [9.17, 15) is 0 Å². The van der Waals surface area contributed by atoms with Crippen molar-refractivity contribution in [1.82, 2.24) is 0 Å². The molecular formula is C14H20N2OS. The van der Waals surface area contributed by atoms with Crippen LogP contribution in [0.4, 0.5) is 5.69 Å². The summed E-state index contributed by atoms with van der Waals surface area (Å²) in [5.74, 6) is 2.22. The Morgan fingerprint density at radius 2 is 1.94 bits per heavy atom. The maximum atomic E-state index is 5.81. The Balaban J connectivity index is 2.38. The zero-order valence-corrected chi connectivity index (χ0v) is 12.0. The van der Waals surface area contributed by atoms with Crippen LogP contribution in [0.1, 0.15) is 19.4 Å². The van der Waals surface area contributed by atoms with E-state index in [0.29, 0.717) is 16.8 Å². The summed E-state index contributed by atoms with van der Waals surface area (Å²) in [6.07, 6.45) is 0. The monoisotopic (exact) mass is 264 g/mol. The van der Waals surface area contributed by atoms with Crippen molar-refractivity contribution in [2.24, 2.45) is 17.6 Å². The number of anilines is 1. The first-order valence-corrected chi connectivity index (χ1v) is 6.66. The molecule has 0 amide bonds. The standard InChI is InChI=1S/C14H20N2OS/c1-9-7-16(8-10(9)2)13-6-11(17-3)4-5-12(13)14(15)18/h4-6,9-10H,7-8H2,1-3H3,(H2,15,18). The van der Waals surface area contributed by atoms with Crippen LogP contribution in [-0.2, 0) is 0 Å². The maximum Gasteiger partial charge on any atom is 0.120 e. The zero-order valence-electron chi connectivity index (χ0n) is 11.1. The molecule has 2 unspecified atom stereocenters. The van der Waals surface area contributed by atoms with Crippen molar-refractivity contribution in [1.29, 1.82) is 0 Å². The van der Waals surface area contributed by atoms with E-state index >= 15 is 0 Å². The van der Waals surface area contributed by atoms with Crippen molar-refractivity contribution < 1.29 is 4.74 Å². The van der Waals surface area contributed by atoms with Gasteiger partial charge in [-0.05, 0) is 24.0 Å². The Bertz CT molecular complexity index is 451. The van der Waals surface area contributed by atoms with Gasteiger partial charge in [0.05, 0.1) is 12.8 Å². The van der Waals surface area contributed by atoms with Gasteiger partial charge in [-0.2, -0.15) is 0 Å². The topological polar surface area (TPSA) is 38.5 Å². The van der Waals surface area contributed by atoms with Crippen molar-refractivity contribution in [2.75, 3.05) is 25.1 Å². The lowest BCUT2D eigenvalue weighted by Crippen LogP contribution is -2.24. The van der Waals surface area contributed by atoms with Gasteiger partial charge in [0.25, 0.3) is 0 Å². The van der Waals surface area contributed by atoms with Crippen LogP contribution in [0.15, 0.2) is 18.2 Å². The van der Waals surface area contributed by atoms with E-state index in [2.05, 4.69) is 18.7 Å². The van der Waals surface area contributed by atoms with Gasteiger partial charge in [0.1, 0.15) is 10.7 Å². The smallest absolute Gasteiger partial charge is 0.120 e. The highest BCUT2D eigenvalue weighted by Gasteiger charge is 2.28. The van der Waals surface area contributed by atoms with Gasteiger partial charge in [-0.3, -0.25) is 0 Å². The lowest BCUT2D eigenvalue weighted by molar-refractivity contribution is 0.415. The van der Waals surface area contributed by atoms with Crippen LogP contribution in [0.3, 0.4) is 0 Å². The molecule has 3 nitrogen and oxygen atoms in total. The Kier molecular flexibility index (Phi) is 3.76. The molecule has 1 aromatic rings. The molecule has 1 aliphatic rings. The molecule has 1 saturated heterocycles. The van der Waals surface area contributed by atoms with Gasteiger partial charge < -0.3 is 15.4 Å². The van der Waals surface area contributed by atoms with Crippen molar-refractivity contribution >= 4 is 22.9 Å². The van der Waals surface area contributed by atoms with E-state index in [-0.39, 0.29) is 0 Å². The lowest BCUT2D eigenvalue weighted by Gasteiger charge is -2.22.